The quantitative estimate of drug-likeness (QED) is 0.888. The molecule has 21 heavy (non-hydrogen) atoms. The molecule has 0 saturated carbocycles. The van der Waals surface area contributed by atoms with Crippen LogP contribution in [0.15, 0.2) is 24.0 Å². The van der Waals surface area contributed by atoms with Crippen LogP contribution in [0.25, 0.3) is 0 Å². The molecule has 1 saturated heterocycles. The van der Waals surface area contributed by atoms with Crippen molar-refractivity contribution in [3.63, 3.8) is 0 Å². The lowest BCUT2D eigenvalue weighted by atomic mass is 10.1. The monoisotopic (exact) mass is 304 g/mol. The smallest absolute Gasteiger partial charge is 0.255 e. The molecule has 112 valence electrons. The van der Waals surface area contributed by atoms with E-state index in [0.29, 0.717) is 12.5 Å². The second-order valence-electron chi connectivity index (χ2n) is 5.51. The van der Waals surface area contributed by atoms with E-state index in [-0.39, 0.29) is 5.91 Å². The van der Waals surface area contributed by atoms with Gasteiger partial charge in [-0.3, -0.25) is 4.79 Å². The van der Waals surface area contributed by atoms with Gasteiger partial charge in [-0.25, -0.2) is 4.98 Å². The van der Waals surface area contributed by atoms with Gasteiger partial charge in [-0.2, -0.15) is 0 Å². The molecule has 3 heterocycles. The number of hydrogen-bond donors (Lipinski definition) is 2. The fourth-order valence-electron chi connectivity index (χ4n) is 2.69. The van der Waals surface area contributed by atoms with Gasteiger partial charge in [0.25, 0.3) is 5.91 Å². The molecule has 0 unspecified atom stereocenters. The van der Waals surface area contributed by atoms with Crippen molar-refractivity contribution in [2.24, 2.45) is 5.92 Å². The van der Waals surface area contributed by atoms with E-state index in [0.717, 1.165) is 37.3 Å². The molecule has 1 atom stereocenters. The first kappa shape index (κ1) is 14.3. The number of rotatable bonds is 5. The van der Waals surface area contributed by atoms with Gasteiger partial charge < -0.3 is 15.2 Å². The third kappa shape index (κ3) is 3.33. The highest BCUT2D eigenvalue weighted by atomic mass is 32.1. The maximum atomic E-state index is 12.7. The van der Waals surface area contributed by atoms with E-state index in [4.69, 9.17) is 0 Å². The summed E-state index contributed by atoms with van der Waals surface area (Å²) < 4.78 is 0. The first-order chi connectivity index (χ1) is 10.2. The average Bonchev–Trinajstić information content (AvgIpc) is 3.20. The second kappa shape index (κ2) is 6.41. The fraction of sp³-hybridized carbons (Fsp3) is 0.467. The van der Waals surface area contributed by atoms with Crippen LogP contribution < -0.4 is 5.32 Å². The van der Waals surface area contributed by atoms with E-state index in [9.17, 15) is 4.79 Å². The molecule has 0 radical (unpaired) electrons. The van der Waals surface area contributed by atoms with Gasteiger partial charge in [0.15, 0.2) is 0 Å². The molecular weight excluding hydrogens is 284 g/mol. The van der Waals surface area contributed by atoms with Gasteiger partial charge in [0.1, 0.15) is 0 Å². The van der Waals surface area contributed by atoms with Crippen LogP contribution >= 0.6 is 11.3 Å². The molecule has 0 aromatic carbocycles. The zero-order chi connectivity index (χ0) is 14.7. The molecular formula is C15H20N4OS. The molecule has 1 aliphatic heterocycles. The molecule has 0 spiro atoms. The standard InChI is InChI=1S/C15H20N4OS/c1-11-14(21-10-18-11)9-19(8-12-2-4-16-6-12)15(20)13-3-5-17-7-13/h3,5,7,10,12,16-17H,2,4,6,8-9H2,1H3/t12-/m1/s1. The van der Waals surface area contributed by atoms with Gasteiger partial charge in [0.05, 0.1) is 23.3 Å². The lowest BCUT2D eigenvalue weighted by Gasteiger charge is -2.25. The number of H-pyrrole nitrogens is 1. The van der Waals surface area contributed by atoms with E-state index in [1.165, 1.54) is 4.88 Å². The molecule has 1 amide bonds. The molecule has 0 aliphatic carbocycles. The minimum Gasteiger partial charge on any atom is -0.367 e. The van der Waals surface area contributed by atoms with Crippen LogP contribution in [0, 0.1) is 12.8 Å². The van der Waals surface area contributed by atoms with Crippen LogP contribution in [-0.4, -0.2) is 40.4 Å². The lowest BCUT2D eigenvalue weighted by Crippen LogP contribution is -2.35. The zero-order valence-corrected chi connectivity index (χ0v) is 12.9. The zero-order valence-electron chi connectivity index (χ0n) is 12.1. The highest BCUT2D eigenvalue weighted by Gasteiger charge is 2.24. The van der Waals surface area contributed by atoms with Crippen molar-refractivity contribution in [1.29, 1.82) is 0 Å². The van der Waals surface area contributed by atoms with Crippen LogP contribution in [-0.2, 0) is 6.54 Å². The second-order valence-corrected chi connectivity index (χ2v) is 6.44. The molecule has 1 aliphatic rings. The summed E-state index contributed by atoms with van der Waals surface area (Å²) in [6, 6.07) is 1.84. The van der Waals surface area contributed by atoms with Crippen molar-refractivity contribution in [1.82, 2.24) is 20.2 Å². The Morgan fingerprint density at radius 2 is 2.48 bits per heavy atom. The summed E-state index contributed by atoms with van der Waals surface area (Å²) in [5.74, 6) is 0.636. The Bertz CT molecular complexity index is 587. The third-order valence-electron chi connectivity index (χ3n) is 3.95. The number of aromatic nitrogens is 2. The van der Waals surface area contributed by atoms with Crippen LogP contribution in [0.2, 0.25) is 0 Å². The highest BCUT2D eigenvalue weighted by Crippen LogP contribution is 2.19. The summed E-state index contributed by atoms with van der Waals surface area (Å²) in [5, 5.41) is 3.37. The molecule has 6 heteroatoms. The predicted octanol–water partition coefficient (Wildman–Crippen LogP) is 2.03. The Morgan fingerprint density at radius 3 is 3.10 bits per heavy atom. The topological polar surface area (TPSA) is 61.0 Å². The summed E-state index contributed by atoms with van der Waals surface area (Å²) in [7, 11) is 0. The molecule has 2 aromatic rings. The molecule has 3 rings (SSSR count). The normalized spacial score (nSPS) is 18.0. The number of aryl methyl sites for hydroxylation is 1. The van der Waals surface area contributed by atoms with E-state index < -0.39 is 0 Å². The maximum absolute atomic E-state index is 12.7. The Labute approximate surface area is 128 Å². The minimum absolute atomic E-state index is 0.0935. The summed E-state index contributed by atoms with van der Waals surface area (Å²) in [5.41, 5.74) is 3.60. The molecule has 0 bridgehead atoms. The average molecular weight is 304 g/mol. The molecule has 1 fully saturated rings. The van der Waals surface area contributed by atoms with Gasteiger partial charge >= 0.3 is 0 Å². The van der Waals surface area contributed by atoms with Gasteiger partial charge in [-0.05, 0) is 38.4 Å². The van der Waals surface area contributed by atoms with Crippen LogP contribution in [0.5, 0.6) is 0 Å². The summed E-state index contributed by atoms with van der Waals surface area (Å²) in [6.45, 7) is 5.50. The number of aromatic amines is 1. The Hall–Kier alpha value is -1.66. The third-order valence-corrected chi connectivity index (χ3v) is 4.87. The summed E-state index contributed by atoms with van der Waals surface area (Å²) in [4.78, 5) is 23.1. The van der Waals surface area contributed by atoms with Crippen LogP contribution in [0.1, 0.15) is 27.3 Å². The fourth-order valence-corrected chi connectivity index (χ4v) is 3.48. The molecule has 2 N–H and O–H groups in total. The SMILES string of the molecule is Cc1ncsc1CN(C[C@@H]1CCNC1)C(=O)c1cc[nH]c1. The Morgan fingerprint density at radius 1 is 1.57 bits per heavy atom. The summed E-state index contributed by atoms with van der Waals surface area (Å²) in [6.07, 6.45) is 4.70. The van der Waals surface area contributed by atoms with Crippen molar-refractivity contribution < 1.29 is 4.79 Å². The number of carbonyl (C=O) groups is 1. The van der Waals surface area contributed by atoms with Gasteiger partial charge in [0, 0.05) is 23.8 Å². The van der Waals surface area contributed by atoms with E-state index in [1.54, 1.807) is 23.7 Å². The first-order valence-electron chi connectivity index (χ1n) is 7.26. The number of amides is 1. The number of nitrogens with one attached hydrogen (secondary N) is 2. The number of thiazole rings is 1. The van der Waals surface area contributed by atoms with Crippen molar-refractivity contribution in [2.45, 2.75) is 19.9 Å². The van der Waals surface area contributed by atoms with Crippen molar-refractivity contribution in [2.75, 3.05) is 19.6 Å². The van der Waals surface area contributed by atoms with E-state index >= 15 is 0 Å². The van der Waals surface area contributed by atoms with Crippen molar-refractivity contribution in [3.05, 3.63) is 40.1 Å². The van der Waals surface area contributed by atoms with Crippen LogP contribution in [0.4, 0.5) is 0 Å². The predicted molar refractivity (Wildman–Crippen MR) is 83.4 cm³/mol. The number of carbonyl (C=O) groups excluding carboxylic acids is 1. The van der Waals surface area contributed by atoms with Gasteiger partial charge in [-0.15, -0.1) is 11.3 Å². The van der Waals surface area contributed by atoms with Gasteiger partial charge in [-0.1, -0.05) is 0 Å². The number of hydrogen-bond acceptors (Lipinski definition) is 4. The molecule has 2 aromatic heterocycles. The van der Waals surface area contributed by atoms with E-state index in [1.807, 2.05) is 23.4 Å². The van der Waals surface area contributed by atoms with Gasteiger partial charge in [0.2, 0.25) is 0 Å². The Balaban J connectivity index is 1.76. The van der Waals surface area contributed by atoms with Crippen molar-refractivity contribution in [3.8, 4) is 0 Å². The first-order valence-corrected chi connectivity index (χ1v) is 8.13. The maximum Gasteiger partial charge on any atom is 0.255 e. The Kier molecular flexibility index (Phi) is 4.36. The highest BCUT2D eigenvalue weighted by molar-refractivity contribution is 7.09. The minimum atomic E-state index is 0.0935. The summed E-state index contributed by atoms with van der Waals surface area (Å²) >= 11 is 1.62. The number of nitrogens with zero attached hydrogens (tertiary/aromatic N) is 2. The largest absolute Gasteiger partial charge is 0.367 e. The van der Waals surface area contributed by atoms with E-state index in [2.05, 4.69) is 15.3 Å². The molecule has 5 nitrogen and oxygen atoms in total. The van der Waals surface area contributed by atoms with Crippen LogP contribution in [0.3, 0.4) is 0 Å². The lowest BCUT2D eigenvalue weighted by molar-refractivity contribution is 0.0720. The van der Waals surface area contributed by atoms with Crippen molar-refractivity contribution >= 4 is 17.2 Å².